The molecule has 4 rings (SSSR count). The highest BCUT2D eigenvalue weighted by molar-refractivity contribution is 7.09. The minimum atomic E-state index is -0.471. The summed E-state index contributed by atoms with van der Waals surface area (Å²) in [5.74, 6) is 0.0353. The molecule has 5 nitrogen and oxygen atoms in total. The molecule has 0 unspecified atom stereocenters. The second-order valence-corrected chi connectivity index (χ2v) is 8.03. The van der Waals surface area contributed by atoms with Gasteiger partial charge in [-0.05, 0) is 35.1 Å². The lowest BCUT2D eigenvalue weighted by Crippen LogP contribution is -2.30. The van der Waals surface area contributed by atoms with Crippen LogP contribution in [0.25, 0.3) is 22.1 Å². The first-order valence-electron chi connectivity index (χ1n) is 9.35. The maximum absolute atomic E-state index is 12.1. The molecule has 2 heterocycles. The summed E-state index contributed by atoms with van der Waals surface area (Å²) in [6.45, 7) is 0.349. The van der Waals surface area contributed by atoms with Crippen molar-refractivity contribution < 1.29 is 13.9 Å². The van der Waals surface area contributed by atoms with E-state index in [0.29, 0.717) is 22.5 Å². The Hall–Kier alpha value is -3.09. The highest BCUT2D eigenvalue weighted by Crippen LogP contribution is 2.34. The molecule has 7 heteroatoms. The molecule has 0 spiro atoms. The van der Waals surface area contributed by atoms with Gasteiger partial charge in [-0.1, -0.05) is 48.0 Å². The van der Waals surface area contributed by atoms with Gasteiger partial charge in [-0.25, -0.2) is 4.79 Å². The number of carbonyl (C=O) groups excluding carboxylic acids is 1. The summed E-state index contributed by atoms with van der Waals surface area (Å²) in [6, 6.07) is 18.2. The standard InChI is InChI=1S/C23H18ClNO4S/c24-19-11-18-17(15-5-2-1-3-6-15)12-23(27)29-20(18)13-21(19)28-14-22(26)25-9-8-16-7-4-10-30-16/h1-7,10-13H,8-9,14H2,(H,25,26). The summed E-state index contributed by atoms with van der Waals surface area (Å²) >= 11 is 8.04. The normalized spacial score (nSPS) is 10.8. The van der Waals surface area contributed by atoms with Crippen molar-refractivity contribution >= 4 is 39.8 Å². The highest BCUT2D eigenvalue weighted by Gasteiger charge is 2.13. The van der Waals surface area contributed by atoms with Crippen molar-refractivity contribution in [2.45, 2.75) is 6.42 Å². The molecule has 0 radical (unpaired) electrons. The van der Waals surface area contributed by atoms with Crippen molar-refractivity contribution in [2.24, 2.45) is 0 Å². The van der Waals surface area contributed by atoms with Crippen molar-refractivity contribution in [2.75, 3.05) is 13.2 Å². The van der Waals surface area contributed by atoms with Crippen LogP contribution in [0.15, 0.2) is 75.3 Å². The zero-order valence-electron chi connectivity index (χ0n) is 15.9. The van der Waals surface area contributed by atoms with E-state index in [9.17, 15) is 9.59 Å². The summed E-state index contributed by atoms with van der Waals surface area (Å²) in [7, 11) is 0. The maximum atomic E-state index is 12.1. The van der Waals surface area contributed by atoms with Crippen molar-refractivity contribution in [1.29, 1.82) is 0 Å². The van der Waals surface area contributed by atoms with Crippen molar-refractivity contribution in [3.05, 3.63) is 86.4 Å². The lowest BCUT2D eigenvalue weighted by Gasteiger charge is -2.11. The molecule has 152 valence electrons. The van der Waals surface area contributed by atoms with Gasteiger partial charge in [0.1, 0.15) is 11.3 Å². The van der Waals surface area contributed by atoms with Crippen LogP contribution in [0.1, 0.15) is 4.88 Å². The third-order valence-electron chi connectivity index (χ3n) is 4.51. The first-order valence-corrected chi connectivity index (χ1v) is 10.6. The van der Waals surface area contributed by atoms with Crippen LogP contribution in [0.3, 0.4) is 0 Å². The molecule has 0 aliphatic rings. The molecular weight excluding hydrogens is 422 g/mol. The van der Waals surface area contributed by atoms with Gasteiger partial charge >= 0.3 is 5.63 Å². The lowest BCUT2D eigenvalue weighted by molar-refractivity contribution is -0.123. The van der Waals surface area contributed by atoms with Gasteiger partial charge in [0.05, 0.1) is 5.02 Å². The molecule has 2 aromatic heterocycles. The van der Waals surface area contributed by atoms with E-state index >= 15 is 0 Å². The Morgan fingerprint density at radius 2 is 1.93 bits per heavy atom. The zero-order valence-corrected chi connectivity index (χ0v) is 17.5. The van der Waals surface area contributed by atoms with Crippen LogP contribution >= 0.6 is 22.9 Å². The summed E-state index contributed by atoms with van der Waals surface area (Å²) < 4.78 is 10.9. The molecule has 0 fully saturated rings. The first-order chi connectivity index (χ1) is 14.6. The van der Waals surface area contributed by atoms with Crippen LogP contribution in [0.5, 0.6) is 5.75 Å². The molecule has 4 aromatic rings. The van der Waals surface area contributed by atoms with Gasteiger partial charge in [0.2, 0.25) is 0 Å². The van der Waals surface area contributed by atoms with Crippen LogP contribution in [-0.2, 0) is 11.2 Å². The predicted octanol–water partition coefficient (Wildman–Crippen LogP) is 4.91. The second-order valence-electron chi connectivity index (χ2n) is 6.59. The average Bonchev–Trinajstić information content (AvgIpc) is 3.26. The Bertz CT molecular complexity index is 1220. The topological polar surface area (TPSA) is 68.5 Å². The summed E-state index contributed by atoms with van der Waals surface area (Å²) in [5, 5.41) is 5.84. The number of amides is 1. The van der Waals surface area contributed by atoms with Crippen LogP contribution in [0.2, 0.25) is 5.02 Å². The number of benzene rings is 2. The average molecular weight is 440 g/mol. The Kier molecular flexibility index (Phi) is 6.16. The molecule has 0 saturated carbocycles. The summed E-state index contributed by atoms with van der Waals surface area (Å²) in [6.07, 6.45) is 0.771. The number of ether oxygens (including phenoxy) is 1. The molecule has 0 atom stereocenters. The fourth-order valence-corrected chi connectivity index (χ4v) is 4.03. The summed E-state index contributed by atoms with van der Waals surface area (Å²) in [4.78, 5) is 25.3. The minimum Gasteiger partial charge on any atom is -0.482 e. The lowest BCUT2D eigenvalue weighted by atomic mass is 10.0. The fourth-order valence-electron chi connectivity index (χ4n) is 3.10. The monoisotopic (exact) mass is 439 g/mol. The highest BCUT2D eigenvalue weighted by atomic mass is 35.5. The van der Waals surface area contributed by atoms with E-state index in [-0.39, 0.29) is 18.3 Å². The van der Waals surface area contributed by atoms with Gasteiger partial charge in [0, 0.05) is 28.9 Å². The van der Waals surface area contributed by atoms with Crippen LogP contribution in [-0.4, -0.2) is 19.1 Å². The van der Waals surface area contributed by atoms with E-state index in [0.717, 1.165) is 17.5 Å². The molecule has 0 bridgehead atoms. The molecule has 0 aliphatic heterocycles. The van der Waals surface area contributed by atoms with Gasteiger partial charge in [-0.15, -0.1) is 11.3 Å². The number of hydrogen-bond acceptors (Lipinski definition) is 5. The Balaban J connectivity index is 1.49. The number of nitrogens with one attached hydrogen (secondary N) is 1. The number of halogens is 1. The maximum Gasteiger partial charge on any atom is 0.336 e. The van der Waals surface area contributed by atoms with E-state index in [1.807, 2.05) is 47.8 Å². The Morgan fingerprint density at radius 3 is 2.70 bits per heavy atom. The number of rotatable bonds is 7. The second kappa shape index (κ2) is 9.15. The van der Waals surface area contributed by atoms with Gasteiger partial charge in [-0.3, -0.25) is 4.79 Å². The Morgan fingerprint density at radius 1 is 1.10 bits per heavy atom. The molecule has 0 saturated heterocycles. The van der Waals surface area contributed by atoms with Gasteiger partial charge in [0.15, 0.2) is 6.61 Å². The molecule has 1 amide bonds. The van der Waals surface area contributed by atoms with Crippen LogP contribution < -0.4 is 15.7 Å². The van der Waals surface area contributed by atoms with Crippen molar-refractivity contribution in [1.82, 2.24) is 5.32 Å². The quantitative estimate of drug-likeness (QED) is 0.415. The van der Waals surface area contributed by atoms with Crippen LogP contribution in [0, 0.1) is 0 Å². The molecule has 1 N–H and O–H groups in total. The van der Waals surface area contributed by atoms with Gasteiger partial charge in [-0.2, -0.15) is 0 Å². The van der Waals surface area contributed by atoms with E-state index in [2.05, 4.69) is 5.32 Å². The number of thiophene rings is 1. The van der Waals surface area contributed by atoms with Gasteiger partial charge < -0.3 is 14.5 Å². The van der Waals surface area contributed by atoms with E-state index in [1.165, 1.54) is 10.9 Å². The first kappa shape index (κ1) is 20.2. The predicted molar refractivity (Wildman–Crippen MR) is 119 cm³/mol. The van der Waals surface area contributed by atoms with Crippen LogP contribution in [0.4, 0.5) is 0 Å². The molecule has 0 aliphatic carbocycles. The third kappa shape index (κ3) is 4.72. The Labute approximate surface area is 181 Å². The van der Waals surface area contributed by atoms with Gasteiger partial charge in [0.25, 0.3) is 5.91 Å². The van der Waals surface area contributed by atoms with Crippen molar-refractivity contribution in [3.8, 4) is 16.9 Å². The summed E-state index contributed by atoms with van der Waals surface area (Å²) in [5.41, 5.74) is 1.48. The fraction of sp³-hybridized carbons (Fsp3) is 0.130. The number of fused-ring (bicyclic) bond motifs is 1. The molecule has 30 heavy (non-hydrogen) atoms. The van der Waals surface area contributed by atoms with E-state index in [1.54, 1.807) is 23.5 Å². The number of hydrogen-bond donors (Lipinski definition) is 1. The molecular formula is C23H18ClNO4S. The smallest absolute Gasteiger partial charge is 0.336 e. The zero-order chi connectivity index (χ0) is 20.9. The largest absolute Gasteiger partial charge is 0.482 e. The molecule has 2 aromatic carbocycles. The van der Waals surface area contributed by atoms with E-state index < -0.39 is 5.63 Å². The van der Waals surface area contributed by atoms with E-state index in [4.69, 9.17) is 20.8 Å². The minimum absolute atomic E-state index is 0.182. The SMILES string of the molecule is O=C(COc1cc2oc(=O)cc(-c3ccccc3)c2cc1Cl)NCCc1cccs1. The van der Waals surface area contributed by atoms with Crippen molar-refractivity contribution in [3.63, 3.8) is 0 Å². The number of carbonyl (C=O) groups is 1. The third-order valence-corrected chi connectivity index (χ3v) is 5.75.